The SMILES string of the molecule is CC#C[C@]1(O)C=C[C@H]2[C@@H]3CCC4=CC(=O)CC[C@@H]4[C@H]3CC[C@@]21CC. The van der Waals surface area contributed by atoms with Crippen LogP contribution in [0.15, 0.2) is 23.8 Å². The molecule has 0 saturated heterocycles. The smallest absolute Gasteiger partial charge is 0.155 e. The van der Waals surface area contributed by atoms with Crippen molar-refractivity contribution in [1.82, 2.24) is 0 Å². The first-order valence-corrected chi connectivity index (χ1v) is 9.63. The molecule has 128 valence electrons. The van der Waals surface area contributed by atoms with Gasteiger partial charge in [-0.05, 0) is 81.3 Å². The van der Waals surface area contributed by atoms with E-state index in [0.29, 0.717) is 29.5 Å². The summed E-state index contributed by atoms with van der Waals surface area (Å²) in [6.45, 7) is 4.04. The fourth-order valence-electron chi connectivity index (χ4n) is 6.54. The average Bonchev–Trinajstić information content (AvgIpc) is 2.88. The highest BCUT2D eigenvalue weighted by molar-refractivity contribution is 5.91. The zero-order chi connectivity index (χ0) is 16.9. The van der Waals surface area contributed by atoms with E-state index in [-0.39, 0.29) is 5.41 Å². The standard InChI is InChI=1S/C22H28O2/c1-3-11-22(24)13-10-20-19-7-5-15-14-16(23)6-8-17(15)18(19)9-12-21(20,22)4-2/h10,13-14,17-20,24H,4-9,12H2,1-2H3/t17-,18+,19+,20-,21-,22-/m0/s1. The number of aliphatic hydroxyl groups is 1. The topological polar surface area (TPSA) is 37.3 Å². The van der Waals surface area contributed by atoms with Gasteiger partial charge in [-0.25, -0.2) is 0 Å². The number of allylic oxidation sites excluding steroid dienone is 3. The Labute approximate surface area is 145 Å². The van der Waals surface area contributed by atoms with Gasteiger partial charge in [0.05, 0.1) is 0 Å². The van der Waals surface area contributed by atoms with Gasteiger partial charge in [-0.15, -0.1) is 5.92 Å². The Morgan fingerprint density at radius 2 is 2.08 bits per heavy atom. The predicted octanol–water partition coefficient (Wildman–Crippen LogP) is 4.05. The molecule has 6 atom stereocenters. The lowest BCUT2D eigenvalue weighted by molar-refractivity contribution is -0.116. The molecule has 2 saturated carbocycles. The molecule has 0 aromatic heterocycles. The molecule has 0 heterocycles. The monoisotopic (exact) mass is 324 g/mol. The fourth-order valence-corrected chi connectivity index (χ4v) is 6.54. The molecule has 1 N–H and O–H groups in total. The van der Waals surface area contributed by atoms with Crippen LogP contribution in [0, 0.1) is 40.9 Å². The van der Waals surface area contributed by atoms with Crippen LogP contribution in [0.4, 0.5) is 0 Å². The maximum Gasteiger partial charge on any atom is 0.155 e. The molecule has 0 radical (unpaired) electrons. The minimum Gasteiger partial charge on any atom is -0.373 e. The van der Waals surface area contributed by atoms with Crippen molar-refractivity contribution in [2.24, 2.45) is 29.1 Å². The highest BCUT2D eigenvalue weighted by Crippen LogP contribution is 2.63. The second-order valence-electron chi connectivity index (χ2n) is 8.27. The van der Waals surface area contributed by atoms with Crippen LogP contribution in [0.3, 0.4) is 0 Å². The third-order valence-electron chi connectivity index (χ3n) is 7.63. The minimum absolute atomic E-state index is 0.108. The van der Waals surface area contributed by atoms with Gasteiger partial charge in [0.25, 0.3) is 0 Å². The van der Waals surface area contributed by atoms with E-state index in [2.05, 4.69) is 24.8 Å². The Hall–Kier alpha value is -1.33. The largest absolute Gasteiger partial charge is 0.373 e. The van der Waals surface area contributed by atoms with Gasteiger partial charge in [0, 0.05) is 11.8 Å². The summed E-state index contributed by atoms with van der Waals surface area (Å²) in [5, 5.41) is 11.3. The van der Waals surface area contributed by atoms with Crippen LogP contribution < -0.4 is 0 Å². The lowest BCUT2D eigenvalue weighted by atomic mass is 9.49. The van der Waals surface area contributed by atoms with Gasteiger partial charge in [0.1, 0.15) is 5.60 Å². The van der Waals surface area contributed by atoms with Gasteiger partial charge in [-0.1, -0.05) is 24.5 Å². The Morgan fingerprint density at radius 3 is 2.83 bits per heavy atom. The van der Waals surface area contributed by atoms with E-state index >= 15 is 0 Å². The molecule has 0 bridgehead atoms. The molecule has 24 heavy (non-hydrogen) atoms. The Bertz CT molecular complexity index is 676. The molecule has 0 unspecified atom stereocenters. The predicted molar refractivity (Wildman–Crippen MR) is 95.0 cm³/mol. The molecule has 0 aromatic carbocycles. The number of rotatable bonds is 1. The third kappa shape index (κ3) is 2.04. The molecule has 0 aliphatic heterocycles. The summed E-state index contributed by atoms with van der Waals surface area (Å²) in [5.74, 6) is 8.79. The van der Waals surface area contributed by atoms with E-state index in [4.69, 9.17) is 0 Å². The van der Waals surface area contributed by atoms with Crippen molar-refractivity contribution < 1.29 is 9.90 Å². The molecule has 2 nitrogen and oxygen atoms in total. The number of carbonyl (C=O) groups is 1. The van der Waals surface area contributed by atoms with Crippen LogP contribution >= 0.6 is 0 Å². The Balaban J connectivity index is 1.68. The van der Waals surface area contributed by atoms with Gasteiger partial charge in [-0.3, -0.25) is 4.79 Å². The first-order valence-electron chi connectivity index (χ1n) is 9.63. The summed E-state index contributed by atoms with van der Waals surface area (Å²) in [6.07, 6.45) is 13.4. The summed E-state index contributed by atoms with van der Waals surface area (Å²) >= 11 is 0. The van der Waals surface area contributed by atoms with E-state index in [1.165, 1.54) is 12.0 Å². The van der Waals surface area contributed by atoms with Gasteiger partial charge in [0.2, 0.25) is 0 Å². The number of carbonyl (C=O) groups excluding carboxylic acids is 1. The first-order chi connectivity index (χ1) is 11.5. The van der Waals surface area contributed by atoms with Crippen LogP contribution in [0.2, 0.25) is 0 Å². The Kier molecular flexibility index (Phi) is 3.77. The molecule has 0 aromatic rings. The molecular formula is C22H28O2. The second-order valence-corrected chi connectivity index (χ2v) is 8.27. The van der Waals surface area contributed by atoms with Gasteiger partial charge >= 0.3 is 0 Å². The quantitative estimate of drug-likeness (QED) is 0.583. The van der Waals surface area contributed by atoms with Crippen LogP contribution in [0.5, 0.6) is 0 Å². The number of fused-ring (bicyclic) bond motifs is 5. The second kappa shape index (κ2) is 5.60. The summed E-state index contributed by atoms with van der Waals surface area (Å²) < 4.78 is 0. The van der Waals surface area contributed by atoms with Crippen molar-refractivity contribution in [3.63, 3.8) is 0 Å². The van der Waals surface area contributed by atoms with E-state index < -0.39 is 5.60 Å². The van der Waals surface area contributed by atoms with Crippen molar-refractivity contribution in [2.75, 3.05) is 0 Å². The van der Waals surface area contributed by atoms with Crippen molar-refractivity contribution in [2.45, 2.75) is 64.4 Å². The molecule has 0 amide bonds. The molecule has 4 aliphatic rings. The Morgan fingerprint density at radius 1 is 1.25 bits per heavy atom. The third-order valence-corrected chi connectivity index (χ3v) is 7.63. The number of hydrogen-bond donors (Lipinski definition) is 1. The van der Waals surface area contributed by atoms with E-state index in [9.17, 15) is 9.90 Å². The highest BCUT2D eigenvalue weighted by atomic mass is 16.3. The van der Waals surface area contributed by atoms with Crippen molar-refractivity contribution in [1.29, 1.82) is 0 Å². The molecule has 2 fully saturated rings. The molecule has 2 heteroatoms. The molecule has 4 rings (SSSR count). The van der Waals surface area contributed by atoms with Crippen LogP contribution in [0.25, 0.3) is 0 Å². The maximum absolute atomic E-state index is 11.8. The molecule has 4 aliphatic carbocycles. The lowest BCUT2D eigenvalue weighted by Crippen LogP contribution is -2.54. The van der Waals surface area contributed by atoms with E-state index in [1.807, 2.05) is 19.1 Å². The van der Waals surface area contributed by atoms with Gasteiger partial charge in [-0.2, -0.15) is 0 Å². The minimum atomic E-state index is -0.954. The molecular weight excluding hydrogens is 296 g/mol. The normalized spacial score (nSPS) is 46.3. The van der Waals surface area contributed by atoms with Crippen LogP contribution in [-0.2, 0) is 4.79 Å². The van der Waals surface area contributed by atoms with Crippen LogP contribution in [-0.4, -0.2) is 16.5 Å². The molecule has 0 spiro atoms. The van der Waals surface area contributed by atoms with E-state index in [0.717, 1.165) is 38.5 Å². The van der Waals surface area contributed by atoms with Crippen molar-refractivity contribution in [3.8, 4) is 11.8 Å². The van der Waals surface area contributed by atoms with Crippen molar-refractivity contribution in [3.05, 3.63) is 23.8 Å². The summed E-state index contributed by atoms with van der Waals surface area (Å²) in [5.41, 5.74) is 0.357. The zero-order valence-corrected chi connectivity index (χ0v) is 14.8. The van der Waals surface area contributed by atoms with Crippen molar-refractivity contribution >= 4 is 5.78 Å². The van der Waals surface area contributed by atoms with Gasteiger partial charge in [0.15, 0.2) is 5.78 Å². The zero-order valence-electron chi connectivity index (χ0n) is 14.8. The maximum atomic E-state index is 11.8. The highest BCUT2D eigenvalue weighted by Gasteiger charge is 2.61. The average molecular weight is 324 g/mol. The van der Waals surface area contributed by atoms with Gasteiger partial charge < -0.3 is 5.11 Å². The number of hydrogen-bond acceptors (Lipinski definition) is 2. The van der Waals surface area contributed by atoms with E-state index in [1.54, 1.807) is 0 Å². The summed E-state index contributed by atoms with van der Waals surface area (Å²) in [7, 11) is 0. The lowest BCUT2D eigenvalue weighted by Gasteiger charge is -2.55. The van der Waals surface area contributed by atoms with Crippen LogP contribution in [0.1, 0.15) is 58.8 Å². The summed E-state index contributed by atoms with van der Waals surface area (Å²) in [6, 6.07) is 0. The summed E-state index contributed by atoms with van der Waals surface area (Å²) in [4.78, 5) is 11.8. The number of ketones is 1. The first kappa shape index (κ1) is 16.2. The fraction of sp³-hybridized carbons (Fsp3) is 0.682.